The molecule has 0 heterocycles. The van der Waals surface area contributed by atoms with Crippen LogP contribution in [0.25, 0.3) is 0 Å². The molecule has 0 saturated carbocycles. The van der Waals surface area contributed by atoms with Gasteiger partial charge < -0.3 is 0 Å². The second-order valence-corrected chi connectivity index (χ2v) is 2.39. The van der Waals surface area contributed by atoms with Gasteiger partial charge in [-0.25, -0.2) is 10.9 Å². The zero-order valence-corrected chi connectivity index (χ0v) is 6.42. The van der Waals surface area contributed by atoms with E-state index < -0.39 is 0 Å². The van der Waals surface area contributed by atoms with E-state index in [0.29, 0.717) is 10.7 Å². The van der Waals surface area contributed by atoms with Crippen molar-refractivity contribution in [1.29, 1.82) is 5.26 Å². The first kappa shape index (κ1) is 7.86. The van der Waals surface area contributed by atoms with Crippen LogP contribution in [0.2, 0.25) is 5.02 Å². The van der Waals surface area contributed by atoms with Gasteiger partial charge in [-0.3, -0.25) is 0 Å². The van der Waals surface area contributed by atoms with Crippen LogP contribution in [0, 0.1) is 11.5 Å². The van der Waals surface area contributed by atoms with Crippen molar-refractivity contribution in [3.63, 3.8) is 0 Å². The number of nitrogens with two attached hydrogens (primary N) is 1. The van der Waals surface area contributed by atoms with E-state index in [1.807, 2.05) is 0 Å². The lowest BCUT2D eigenvalue weighted by molar-refractivity contribution is 1.09. The zero-order valence-electron chi connectivity index (χ0n) is 5.66. The zero-order chi connectivity index (χ0) is 8.27. The molecule has 0 unspecified atom stereocenters. The van der Waals surface area contributed by atoms with E-state index in [1.165, 1.54) is 0 Å². The summed E-state index contributed by atoms with van der Waals surface area (Å²) in [5.41, 5.74) is 0.583. The SMILES string of the molecule is N#CN(N)c1cccc(Cl)c1. The van der Waals surface area contributed by atoms with Crippen LogP contribution in [-0.2, 0) is 0 Å². The molecule has 3 nitrogen and oxygen atoms in total. The third-order valence-electron chi connectivity index (χ3n) is 1.19. The second-order valence-electron chi connectivity index (χ2n) is 1.95. The predicted molar refractivity (Wildman–Crippen MR) is 43.7 cm³/mol. The van der Waals surface area contributed by atoms with Crippen molar-refractivity contribution in [1.82, 2.24) is 0 Å². The average Bonchev–Trinajstić information content (AvgIpc) is 2.03. The van der Waals surface area contributed by atoms with E-state index in [0.717, 1.165) is 5.01 Å². The van der Waals surface area contributed by atoms with Gasteiger partial charge in [0.2, 0.25) is 0 Å². The molecule has 2 N–H and O–H groups in total. The highest BCUT2D eigenvalue weighted by Crippen LogP contribution is 2.16. The van der Waals surface area contributed by atoms with Crippen molar-refractivity contribution in [3.8, 4) is 6.19 Å². The van der Waals surface area contributed by atoms with Gasteiger partial charge in [-0.15, -0.1) is 0 Å². The Hall–Kier alpha value is -1.24. The van der Waals surface area contributed by atoms with Gasteiger partial charge >= 0.3 is 0 Å². The van der Waals surface area contributed by atoms with Crippen LogP contribution < -0.4 is 10.9 Å². The van der Waals surface area contributed by atoms with Crippen LogP contribution in [0.4, 0.5) is 5.69 Å². The summed E-state index contributed by atoms with van der Waals surface area (Å²) in [5.74, 6) is 5.28. The minimum Gasteiger partial charge on any atom is -0.234 e. The minimum atomic E-state index is 0.563. The molecule has 0 spiro atoms. The van der Waals surface area contributed by atoms with Gasteiger partial charge in [0.25, 0.3) is 0 Å². The van der Waals surface area contributed by atoms with E-state index in [-0.39, 0.29) is 0 Å². The molecule has 1 rings (SSSR count). The molecule has 0 aliphatic heterocycles. The lowest BCUT2D eigenvalue weighted by Crippen LogP contribution is -2.24. The quantitative estimate of drug-likeness (QED) is 0.299. The first-order valence-electron chi connectivity index (χ1n) is 2.94. The molecule has 56 valence electrons. The normalized spacial score (nSPS) is 8.82. The molecule has 0 aliphatic rings. The van der Waals surface area contributed by atoms with Crippen molar-refractivity contribution in [2.45, 2.75) is 0 Å². The Morgan fingerprint density at radius 1 is 1.55 bits per heavy atom. The topological polar surface area (TPSA) is 53.0 Å². The molecule has 1 aromatic carbocycles. The molecule has 0 radical (unpaired) electrons. The Balaban J connectivity index is 2.98. The Morgan fingerprint density at radius 2 is 2.27 bits per heavy atom. The monoisotopic (exact) mass is 167 g/mol. The second kappa shape index (κ2) is 3.24. The van der Waals surface area contributed by atoms with E-state index in [1.54, 1.807) is 30.5 Å². The van der Waals surface area contributed by atoms with Gasteiger partial charge in [0, 0.05) is 5.02 Å². The average molecular weight is 168 g/mol. The number of hydrogen-bond donors (Lipinski definition) is 1. The fraction of sp³-hybridized carbons (Fsp3) is 0. The van der Waals surface area contributed by atoms with Crippen molar-refractivity contribution in [3.05, 3.63) is 29.3 Å². The lowest BCUT2D eigenvalue weighted by atomic mass is 10.3. The van der Waals surface area contributed by atoms with Crippen molar-refractivity contribution >= 4 is 17.3 Å². The summed E-state index contributed by atoms with van der Waals surface area (Å²) < 4.78 is 0. The van der Waals surface area contributed by atoms with Gasteiger partial charge in [-0.1, -0.05) is 17.7 Å². The standard InChI is InChI=1S/C7H6ClN3/c8-6-2-1-3-7(4-6)11(10)5-9/h1-4H,10H2. The molecule has 0 aromatic heterocycles. The fourth-order valence-corrected chi connectivity index (χ4v) is 0.868. The molecule has 4 heteroatoms. The van der Waals surface area contributed by atoms with Gasteiger partial charge in [0.15, 0.2) is 6.19 Å². The summed E-state index contributed by atoms with van der Waals surface area (Å²) in [6.07, 6.45) is 1.76. The highest BCUT2D eigenvalue weighted by molar-refractivity contribution is 6.30. The smallest absolute Gasteiger partial charge is 0.200 e. The Morgan fingerprint density at radius 3 is 2.82 bits per heavy atom. The minimum absolute atomic E-state index is 0.563. The molecule has 0 fully saturated rings. The number of nitrogens with zero attached hydrogens (tertiary/aromatic N) is 2. The van der Waals surface area contributed by atoms with E-state index in [2.05, 4.69) is 0 Å². The molecular weight excluding hydrogens is 162 g/mol. The fourth-order valence-electron chi connectivity index (χ4n) is 0.684. The number of nitriles is 1. The number of halogens is 1. The van der Waals surface area contributed by atoms with Crippen LogP contribution in [0.1, 0.15) is 0 Å². The van der Waals surface area contributed by atoms with E-state index >= 15 is 0 Å². The molecular formula is C7H6ClN3. The molecule has 11 heavy (non-hydrogen) atoms. The summed E-state index contributed by atoms with van der Waals surface area (Å²) in [6, 6.07) is 6.77. The molecule has 0 atom stereocenters. The maximum Gasteiger partial charge on any atom is 0.200 e. The van der Waals surface area contributed by atoms with Gasteiger partial charge in [-0.2, -0.15) is 5.26 Å². The van der Waals surface area contributed by atoms with Gasteiger partial charge in [0.05, 0.1) is 5.69 Å². The largest absolute Gasteiger partial charge is 0.234 e. The third-order valence-corrected chi connectivity index (χ3v) is 1.43. The van der Waals surface area contributed by atoms with Gasteiger partial charge in [0.1, 0.15) is 0 Å². The number of benzene rings is 1. The molecule has 0 bridgehead atoms. The first-order valence-corrected chi connectivity index (χ1v) is 3.32. The van der Waals surface area contributed by atoms with Crippen molar-refractivity contribution in [2.75, 3.05) is 5.01 Å². The number of anilines is 1. The summed E-state index contributed by atoms with van der Waals surface area (Å²) in [7, 11) is 0. The summed E-state index contributed by atoms with van der Waals surface area (Å²) in [5, 5.41) is 9.90. The maximum atomic E-state index is 8.39. The Bertz CT molecular complexity index is 292. The summed E-state index contributed by atoms with van der Waals surface area (Å²) in [4.78, 5) is 0. The molecule has 0 aliphatic carbocycles. The van der Waals surface area contributed by atoms with Crippen molar-refractivity contribution in [2.24, 2.45) is 5.84 Å². The molecule has 0 saturated heterocycles. The van der Waals surface area contributed by atoms with Crippen LogP contribution in [0.5, 0.6) is 0 Å². The molecule has 0 amide bonds. The Kier molecular flexibility index (Phi) is 2.32. The summed E-state index contributed by atoms with van der Waals surface area (Å²) >= 11 is 5.65. The van der Waals surface area contributed by atoms with Gasteiger partial charge in [-0.05, 0) is 18.2 Å². The highest BCUT2D eigenvalue weighted by atomic mass is 35.5. The predicted octanol–water partition coefficient (Wildman–Crippen LogP) is 1.50. The van der Waals surface area contributed by atoms with Crippen LogP contribution in [-0.4, -0.2) is 0 Å². The molecule has 1 aromatic rings. The Labute approximate surface area is 69.6 Å². The number of hydrogen-bond acceptors (Lipinski definition) is 3. The highest BCUT2D eigenvalue weighted by Gasteiger charge is 1.98. The lowest BCUT2D eigenvalue weighted by Gasteiger charge is -2.06. The van der Waals surface area contributed by atoms with Crippen LogP contribution in [0.3, 0.4) is 0 Å². The van der Waals surface area contributed by atoms with Crippen LogP contribution >= 0.6 is 11.6 Å². The number of hydrazine groups is 1. The van der Waals surface area contributed by atoms with E-state index in [9.17, 15) is 0 Å². The summed E-state index contributed by atoms with van der Waals surface area (Å²) in [6.45, 7) is 0. The van der Waals surface area contributed by atoms with Crippen molar-refractivity contribution < 1.29 is 0 Å². The first-order chi connectivity index (χ1) is 5.24. The number of rotatable bonds is 1. The van der Waals surface area contributed by atoms with Crippen LogP contribution in [0.15, 0.2) is 24.3 Å². The van der Waals surface area contributed by atoms with E-state index in [4.69, 9.17) is 22.7 Å². The third kappa shape index (κ3) is 1.84. The maximum absolute atomic E-state index is 8.39.